The summed E-state index contributed by atoms with van der Waals surface area (Å²) in [6, 6.07) is 6.01. The van der Waals surface area contributed by atoms with E-state index in [1.165, 1.54) is 46.9 Å². The number of hydrogen-bond acceptors (Lipinski definition) is 8. The topological polar surface area (TPSA) is 170 Å². The number of nitrogens with zero attached hydrogens (tertiary/aromatic N) is 2. The van der Waals surface area contributed by atoms with Gasteiger partial charge in [-0.1, -0.05) is 0 Å². The third-order valence-corrected chi connectivity index (χ3v) is 5.28. The molecule has 30 heavy (non-hydrogen) atoms. The molecule has 0 aliphatic heterocycles. The number of rotatable bonds is 8. The molecule has 3 rings (SSSR count). The van der Waals surface area contributed by atoms with Crippen LogP contribution >= 0.6 is 22.7 Å². The fourth-order valence-corrected chi connectivity index (χ4v) is 3.77. The number of carbonyl (C=O) groups excluding carboxylic acids is 4. The van der Waals surface area contributed by atoms with Gasteiger partial charge in [-0.15, -0.1) is 22.7 Å². The lowest BCUT2D eigenvalue weighted by Crippen LogP contribution is -2.15. The zero-order valence-electron chi connectivity index (χ0n) is 15.4. The average Bonchev–Trinajstić information content (AvgIpc) is 3.30. The van der Waals surface area contributed by atoms with Crippen LogP contribution < -0.4 is 22.1 Å². The van der Waals surface area contributed by atoms with Gasteiger partial charge in [0.15, 0.2) is 10.3 Å². The number of hydrogen-bond donors (Lipinski definition) is 4. The van der Waals surface area contributed by atoms with Gasteiger partial charge in [0.1, 0.15) is 0 Å². The maximum atomic E-state index is 12.3. The standard InChI is InChI=1S/C18H16N6O4S2/c19-13(25)5-11-7-29-17(21-11)23-15(27)9-1-2-10(4-3-9)16(28)24-18-22-12(8-30-18)6-14(20)26/h1-4,7-8H,5-6H2,(H2,19,25)(H2,20,26)(H,21,23,27)(H,22,24,28). The Labute approximate surface area is 178 Å². The van der Waals surface area contributed by atoms with Crippen molar-refractivity contribution < 1.29 is 19.2 Å². The highest BCUT2D eigenvalue weighted by molar-refractivity contribution is 7.14. The van der Waals surface area contributed by atoms with Crippen molar-refractivity contribution in [1.29, 1.82) is 0 Å². The highest BCUT2D eigenvalue weighted by Crippen LogP contribution is 2.19. The maximum absolute atomic E-state index is 12.3. The minimum atomic E-state index is -0.506. The normalized spacial score (nSPS) is 10.4. The fraction of sp³-hybridized carbons (Fsp3) is 0.111. The molecule has 6 N–H and O–H groups in total. The Morgan fingerprint density at radius 1 is 0.733 bits per heavy atom. The molecule has 0 aliphatic rings. The Hall–Kier alpha value is -3.64. The summed E-state index contributed by atoms with van der Waals surface area (Å²) in [6.45, 7) is 0. The average molecular weight is 444 g/mol. The number of benzene rings is 1. The predicted molar refractivity (Wildman–Crippen MR) is 112 cm³/mol. The van der Waals surface area contributed by atoms with Crippen LogP contribution in [0.1, 0.15) is 32.1 Å². The molecule has 0 bridgehead atoms. The van der Waals surface area contributed by atoms with Crippen LogP contribution in [0.3, 0.4) is 0 Å². The van der Waals surface area contributed by atoms with E-state index in [1.807, 2.05) is 0 Å². The van der Waals surface area contributed by atoms with Crippen LogP contribution in [0, 0.1) is 0 Å². The van der Waals surface area contributed by atoms with E-state index in [9.17, 15) is 19.2 Å². The number of nitrogens with two attached hydrogens (primary N) is 2. The SMILES string of the molecule is NC(=O)Cc1csc(NC(=O)c2ccc(C(=O)Nc3nc(CC(N)=O)cs3)cc2)n1. The van der Waals surface area contributed by atoms with E-state index >= 15 is 0 Å². The van der Waals surface area contributed by atoms with Crippen molar-refractivity contribution in [2.75, 3.05) is 10.6 Å². The fourth-order valence-electron chi connectivity index (χ4n) is 2.36. The van der Waals surface area contributed by atoms with E-state index in [1.54, 1.807) is 10.8 Å². The van der Waals surface area contributed by atoms with Crippen LogP contribution in [0.2, 0.25) is 0 Å². The van der Waals surface area contributed by atoms with Crippen molar-refractivity contribution in [3.63, 3.8) is 0 Å². The second kappa shape index (κ2) is 9.24. The smallest absolute Gasteiger partial charge is 0.257 e. The molecule has 0 aliphatic carbocycles. The Morgan fingerprint density at radius 3 is 1.43 bits per heavy atom. The van der Waals surface area contributed by atoms with E-state index in [2.05, 4.69) is 20.6 Å². The molecule has 154 valence electrons. The van der Waals surface area contributed by atoms with Crippen LogP contribution in [0.5, 0.6) is 0 Å². The van der Waals surface area contributed by atoms with E-state index < -0.39 is 23.6 Å². The van der Waals surface area contributed by atoms with Gasteiger partial charge in [-0.2, -0.15) is 0 Å². The van der Waals surface area contributed by atoms with Crippen molar-refractivity contribution in [3.05, 3.63) is 57.5 Å². The van der Waals surface area contributed by atoms with Gasteiger partial charge in [-0.3, -0.25) is 29.8 Å². The lowest BCUT2D eigenvalue weighted by atomic mass is 10.1. The van der Waals surface area contributed by atoms with Crippen molar-refractivity contribution in [2.24, 2.45) is 11.5 Å². The molecule has 0 spiro atoms. The lowest BCUT2D eigenvalue weighted by Gasteiger charge is -2.04. The molecule has 2 heterocycles. The van der Waals surface area contributed by atoms with Crippen LogP contribution in [-0.4, -0.2) is 33.6 Å². The molecule has 10 nitrogen and oxygen atoms in total. The monoisotopic (exact) mass is 444 g/mol. The lowest BCUT2D eigenvalue weighted by molar-refractivity contribution is -0.118. The molecule has 0 radical (unpaired) electrons. The summed E-state index contributed by atoms with van der Waals surface area (Å²) in [5, 5.41) is 9.22. The zero-order chi connectivity index (χ0) is 21.7. The molecule has 12 heteroatoms. The van der Waals surface area contributed by atoms with Crippen molar-refractivity contribution >= 4 is 56.6 Å². The first-order valence-electron chi connectivity index (χ1n) is 8.48. The van der Waals surface area contributed by atoms with E-state index in [-0.39, 0.29) is 12.8 Å². The quantitative estimate of drug-likeness (QED) is 0.406. The summed E-state index contributed by atoms with van der Waals surface area (Å²) in [5.74, 6) is -1.82. The number of amides is 4. The van der Waals surface area contributed by atoms with Crippen LogP contribution in [-0.2, 0) is 22.4 Å². The van der Waals surface area contributed by atoms with Crippen LogP contribution in [0.25, 0.3) is 0 Å². The Balaban J connectivity index is 1.59. The Bertz CT molecular complexity index is 1020. The highest BCUT2D eigenvalue weighted by atomic mass is 32.1. The molecule has 1 aromatic carbocycles. The minimum Gasteiger partial charge on any atom is -0.369 e. The first-order valence-corrected chi connectivity index (χ1v) is 10.2. The largest absolute Gasteiger partial charge is 0.369 e. The summed E-state index contributed by atoms with van der Waals surface area (Å²) >= 11 is 2.36. The second-order valence-corrected chi connectivity index (χ2v) is 7.78. The van der Waals surface area contributed by atoms with Crippen LogP contribution in [0.4, 0.5) is 10.3 Å². The molecule has 2 aromatic heterocycles. The summed E-state index contributed by atoms with van der Waals surface area (Å²) < 4.78 is 0. The van der Waals surface area contributed by atoms with Gasteiger partial charge in [-0.25, -0.2) is 9.97 Å². The van der Waals surface area contributed by atoms with Crippen LogP contribution in [0.15, 0.2) is 35.0 Å². The molecule has 0 saturated heterocycles. The third-order valence-electron chi connectivity index (χ3n) is 3.66. The highest BCUT2D eigenvalue weighted by Gasteiger charge is 2.13. The van der Waals surface area contributed by atoms with Gasteiger partial charge in [0.05, 0.1) is 24.2 Å². The van der Waals surface area contributed by atoms with E-state index in [4.69, 9.17) is 11.5 Å². The van der Waals surface area contributed by atoms with Gasteiger partial charge in [0.25, 0.3) is 11.8 Å². The van der Waals surface area contributed by atoms with Gasteiger partial charge < -0.3 is 11.5 Å². The number of nitrogens with one attached hydrogen (secondary N) is 2. The molecule has 4 amide bonds. The number of carbonyl (C=O) groups is 4. The first kappa shape index (κ1) is 21.1. The van der Waals surface area contributed by atoms with Gasteiger partial charge in [-0.05, 0) is 24.3 Å². The third kappa shape index (κ3) is 5.68. The molecule has 3 aromatic rings. The summed E-state index contributed by atoms with van der Waals surface area (Å²) in [4.78, 5) is 54.7. The van der Waals surface area contributed by atoms with Gasteiger partial charge >= 0.3 is 0 Å². The van der Waals surface area contributed by atoms with Crippen molar-refractivity contribution in [1.82, 2.24) is 9.97 Å². The summed E-state index contributed by atoms with van der Waals surface area (Å²) in [6.07, 6.45) is -0.00139. The predicted octanol–water partition coefficient (Wildman–Crippen LogP) is 1.16. The molecule has 0 fully saturated rings. The molecular weight excluding hydrogens is 428 g/mol. The van der Waals surface area contributed by atoms with Crippen molar-refractivity contribution in [3.8, 4) is 0 Å². The zero-order valence-corrected chi connectivity index (χ0v) is 17.0. The summed E-state index contributed by atoms with van der Waals surface area (Å²) in [5.41, 5.74) is 11.9. The maximum Gasteiger partial charge on any atom is 0.257 e. The summed E-state index contributed by atoms with van der Waals surface area (Å²) in [7, 11) is 0. The number of primary amides is 2. The number of thiazole rings is 2. The Kier molecular flexibility index (Phi) is 6.49. The minimum absolute atomic E-state index is 0.000695. The second-order valence-electron chi connectivity index (χ2n) is 6.06. The van der Waals surface area contributed by atoms with Gasteiger partial charge in [0.2, 0.25) is 11.8 Å². The first-order chi connectivity index (χ1) is 14.3. The molecule has 0 unspecified atom stereocenters. The van der Waals surface area contributed by atoms with Crippen molar-refractivity contribution in [2.45, 2.75) is 12.8 Å². The Morgan fingerprint density at radius 2 is 1.10 bits per heavy atom. The van der Waals surface area contributed by atoms with E-state index in [0.29, 0.717) is 32.8 Å². The number of aromatic nitrogens is 2. The van der Waals surface area contributed by atoms with Gasteiger partial charge in [0, 0.05) is 21.9 Å². The molecule has 0 saturated carbocycles. The number of anilines is 2. The molecular formula is C18H16N6O4S2. The van der Waals surface area contributed by atoms with E-state index in [0.717, 1.165) is 0 Å². The molecule has 0 atom stereocenters.